The van der Waals surface area contributed by atoms with Crippen molar-refractivity contribution in [2.45, 2.75) is 39.7 Å². The minimum Gasteiger partial charge on any atom is -0.354 e. The Labute approximate surface area is 102 Å². The molecular weight excluding hydrogens is 216 g/mol. The highest BCUT2D eigenvalue weighted by atomic mass is 16.1. The summed E-state index contributed by atoms with van der Waals surface area (Å²) in [4.78, 5) is 19.8. The second kappa shape index (κ2) is 6.83. The molecule has 0 atom stereocenters. The largest absolute Gasteiger partial charge is 0.354 e. The molecule has 1 heterocycles. The molecule has 0 aliphatic heterocycles. The molecule has 94 valence electrons. The lowest BCUT2D eigenvalue weighted by molar-refractivity contribution is 0.0942. The van der Waals surface area contributed by atoms with Crippen LogP contribution in [0.1, 0.15) is 44.0 Å². The standard InChI is InChI=1S/C12H20N4O/c1-4-5-6-13-12-14-7-10(8-15-12)11(17)16-9(2)3/h7-9H,4-6H2,1-3H3,(H,16,17)(H,13,14,15). The molecule has 0 saturated carbocycles. The zero-order valence-corrected chi connectivity index (χ0v) is 10.7. The number of unbranched alkanes of at least 4 members (excludes halogenated alkanes) is 1. The van der Waals surface area contributed by atoms with Crippen LogP contribution in [0.5, 0.6) is 0 Å². The summed E-state index contributed by atoms with van der Waals surface area (Å²) in [6.45, 7) is 6.81. The summed E-state index contributed by atoms with van der Waals surface area (Å²) < 4.78 is 0. The number of rotatable bonds is 6. The first-order chi connectivity index (χ1) is 8.13. The quantitative estimate of drug-likeness (QED) is 0.739. The van der Waals surface area contributed by atoms with Gasteiger partial charge >= 0.3 is 0 Å². The van der Waals surface area contributed by atoms with Gasteiger partial charge in [0.2, 0.25) is 5.95 Å². The van der Waals surface area contributed by atoms with E-state index in [-0.39, 0.29) is 11.9 Å². The van der Waals surface area contributed by atoms with E-state index in [4.69, 9.17) is 0 Å². The number of hydrogen-bond donors (Lipinski definition) is 2. The van der Waals surface area contributed by atoms with E-state index in [0.717, 1.165) is 19.4 Å². The Bertz CT molecular complexity index is 348. The molecule has 0 unspecified atom stereocenters. The second-order valence-corrected chi connectivity index (χ2v) is 4.20. The Morgan fingerprint density at radius 2 is 2.00 bits per heavy atom. The number of nitrogens with one attached hydrogen (secondary N) is 2. The molecule has 0 aromatic carbocycles. The van der Waals surface area contributed by atoms with Crippen molar-refractivity contribution in [1.29, 1.82) is 0 Å². The van der Waals surface area contributed by atoms with Crippen LogP contribution < -0.4 is 10.6 Å². The third-order valence-electron chi connectivity index (χ3n) is 2.15. The van der Waals surface area contributed by atoms with Crippen LogP contribution in [0.3, 0.4) is 0 Å². The number of carbonyl (C=O) groups is 1. The van der Waals surface area contributed by atoms with Gasteiger partial charge in [0.05, 0.1) is 5.56 Å². The van der Waals surface area contributed by atoms with Gasteiger partial charge in [-0.3, -0.25) is 4.79 Å². The fourth-order valence-corrected chi connectivity index (χ4v) is 1.26. The summed E-state index contributed by atoms with van der Waals surface area (Å²) in [6.07, 6.45) is 5.29. The lowest BCUT2D eigenvalue weighted by atomic mass is 10.3. The van der Waals surface area contributed by atoms with Crippen molar-refractivity contribution in [2.75, 3.05) is 11.9 Å². The van der Waals surface area contributed by atoms with Crippen molar-refractivity contribution >= 4 is 11.9 Å². The topological polar surface area (TPSA) is 66.9 Å². The molecule has 1 aromatic heterocycles. The summed E-state index contributed by atoms with van der Waals surface area (Å²) >= 11 is 0. The van der Waals surface area contributed by atoms with E-state index in [0.29, 0.717) is 11.5 Å². The lowest BCUT2D eigenvalue weighted by Gasteiger charge is -2.08. The van der Waals surface area contributed by atoms with E-state index in [9.17, 15) is 4.79 Å². The maximum Gasteiger partial charge on any atom is 0.254 e. The summed E-state index contributed by atoms with van der Waals surface area (Å²) in [5, 5.41) is 5.89. The summed E-state index contributed by atoms with van der Waals surface area (Å²) in [7, 11) is 0. The van der Waals surface area contributed by atoms with Crippen LogP contribution in [0.15, 0.2) is 12.4 Å². The molecular formula is C12H20N4O. The zero-order valence-electron chi connectivity index (χ0n) is 10.7. The van der Waals surface area contributed by atoms with Crippen LogP contribution in [0.25, 0.3) is 0 Å². The van der Waals surface area contributed by atoms with Gasteiger partial charge in [0.15, 0.2) is 0 Å². The van der Waals surface area contributed by atoms with E-state index < -0.39 is 0 Å². The SMILES string of the molecule is CCCCNc1ncc(C(=O)NC(C)C)cn1. The van der Waals surface area contributed by atoms with Crippen molar-refractivity contribution in [2.24, 2.45) is 0 Å². The Kier molecular flexibility index (Phi) is 5.39. The first-order valence-electron chi connectivity index (χ1n) is 6.00. The molecule has 1 rings (SSSR count). The van der Waals surface area contributed by atoms with Gasteiger partial charge in [-0.05, 0) is 20.3 Å². The fraction of sp³-hybridized carbons (Fsp3) is 0.583. The summed E-state index contributed by atoms with van der Waals surface area (Å²) in [6, 6.07) is 0.116. The Balaban J connectivity index is 2.52. The third kappa shape index (κ3) is 4.80. The van der Waals surface area contributed by atoms with Gasteiger partial charge in [0, 0.05) is 25.0 Å². The van der Waals surface area contributed by atoms with Crippen LogP contribution >= 0.6 is 0 Å². The first kappa shape index (κ1) is 13.4. The molecule has 1 amide bonds. The van der Waals surface area contributed by atoms with Crippen molar-refractivity contribution in [3.63, 3.8) is 0 Å². The van der Waals surface area contributed by atoms with E-state index in [2.05, 4.69) is 27.5 Å². The van der Waals surface area contributed by atoms with E-state index in [1.807, 2.05) is 13.8 Å². The normalized spacial score (nSPS) is 10.4. The van der Waals surface area contributed by atoms with Crippen LogP contribution in [0.2, 0.25) is 0 Å². The van der Waals surface area contributed by atoms with Crippen LogP contribution in [-0.2, 0) is 0 Å². The zero-order chi connectivity index (χ0) is 12.7. The molecule has 0 spiro atoms. The Hall–Kier alpha value is -1.65. The fourth-order valence-electron chi connectivity index (χ4n) is 1.26. The number of aromatic nitrogens is 2. The molecule has 0 radical (unpaired) electrons. The van der Waals surface area contributed by atoms with Crippen LogP contribution in [-0.4, -0.2) is 28.5 Å². The van der Waals surface area contributed by atoms with Gasteiger partial charge in [-0.15, -0.1) is 0 Å². The van der Waals surface area contributed by atoms with Gasteiger partial charge in [-0.25, -0.2) is 9.97 Å². The molecule has 0 fully saturated rings. The smallest absolute Gasteiger partial charge is 0.254 e. The average Bonchev–Trinajstić information content (AvgIpc) is 2.29. The van der Waals surface area contributed by atoms with Gasteiger partial charge in [-0.2, -0.15) is 0 Å². The first-order valence-corrected chi connectivity index (χ1v) is 6.00. The van der Waals surface area contributed by atoms with Crippen molar-refractivity contribution < 1.29 is 4.79 Å². The molecule has 17 heavy (non-hydrogen) atoms. The van der Waals surface area contributed by atoms with E-state index in [1.165, 1.54) is 0 Å². The van der Waals surface area contributed by atoms with Crippen molar-refractivity contribution in [3.8, 4) is 0 Å². The van der Waals surface area contributed by atoms with Crippen LogP contribution in [0.4, 0.5) is 5.95 Å². The lowest BCUT2D eigenvalue weighted by Crippen LogP contribution is -2.30. The molecule has 0 bridgehead atoms. The summed E-state index contributed by atoms with van der Waals surface area (Å²) in [5.74, 6) is 0.430. The van der Waals surface area contributed by atoms with Crippen molar-refractivity contribution in [1.82, 2.24) is 15.3 Å². The number of anilines is 1. The number of nitrogens with zero attached hydrogens (tertiary/aromatic N) is 2. The molecule has 0 saturated heterocycles. The van der Waals surface area contributed by atoms with Gasteiger partial charge in [-0.1, -0.05) is 13.3 Å². The second-order valence-electron chi connectivity index (χ2n) is 4.20. The molecule has 0 aliphatic carbocycles. The minimum atomic E-state index is -0.139. The number of amides is 1. The molecule has 0 aliphatic rings. The van der Waals surface area contributed by atoms with E-state index in [1.54, 1.807) is 12.4 Å². The minimum absolute atomic E-state index is 0.116. The summed E-state index contributed by atoms with van der Waals surface area (Å²) in [5.41, 5.74) is 0.486. The van der Waals surface area contributed by atoms with Gasteiger partial charge in [0.25, 0.3) is 5.91 Å². The molecule has 5 heteroatoms. The highest BCUT2D eigenvalue weighted by Crippen LogP contribution is 2.01. The molecule has 2 N–H and O–H groups in total. The van der Waals surface area contributed by atoms with Gasteiger partial charge < -0.3 is 10.6 Å². The van der Waals surface area contributed by atoms with E-state index >= 15 is 0 Å². The van der Waals surface area contributed by atoms with Crippen molar-refractivity contribution in [3.05, 3.63) is 18.0 Å². The Morgan fingerprint density at radius 3 is 2.53 bits per heavy atom. The monoisotopic (exact) mass is 236 g/mol. The average molecular weight is 236 g/mol. The highest BCUT2D eigenvalue weighted by molar-refractivity contribution is 5.93. The molecule has 5 nitrogen and oxygen atoms in total. The predicted molar refractivity (Wildman–Crippen MR) is 68.0 cm³/mol. The predicted octanol–water partition coefficient (Wildman–Crippen LogP) is 1.83. The Morgan fingerprint density at radius 1 is 1.35 bits per heavy atom. The maximum absolute atomic E-state index is 11.6. The van der Waals surface area contributed by atoms with Gasteiger partial charge in [0.1, 0.15) is 0 Å². The number of carbonyl (C=O) groups excluding carboxylic acids is 1. The molecule has 1 aromatic rings. The van der Waals surface area contributed by atoms with Crippen LogP contribution in [0, 0.1) is 0 Å². The number of hydrogen-bond acceptors (Lipinski definition) is 4. The third-order valence-corrected chi connectivity index (χ3v) is 2.15. The highest BCUT2D eigenvalue weighted by Gasteiger charge is 2.07. The maximum atomic E-state index is 11.6.